The van der Waals surface area contributed by atoms with Crippen LogP contribution in [0.15, 0.2) is 109 Å². The number of nitrogens with two attached hydrogens (primary N) is 1. The first-order valence-electron chi connectivity index (χ1n) is 31.4. The molecule has 10 heteroatoms. The summed E-state index contributed by atoms with van der Waals surface area (Å²) in [5, 5.41) is 0. The van der Waals surface area contributed by atoms with E-state index in [0.717, 1.165) is 96.3 Å². The third kappa shape index (κ3) is 61.7. The maximum absolute atomic E-state index is 12.7. The highest BCUT2D eigenvalue weighted by atomic mass is 31.2. The molecule has 0 aromatic carbocycles. The Morgan fingerprint density at radius 2 is 0.714 bits per heavy atom. The Balaban J connectivity index is 4.04. The summed E-state index contributed by atoms with van der Waals surface area (Å²) in [6.07, 6.45) is 84.4. The molecule has 0 spiro atoms. The molecule has 0 radical (unpaired) electrons. The van der Waals surface area contributed by atoms with Gasteiger partial charge in [0.15, 0.2) is 6.10 Å². The number of carbonyl (C=O) groups is 2. The highest BCUT2D eigenvalue weighted by Gasteiger charge is 2.26. The van der Waals surface area contributed by atoms with Crippen molar-refractivity contribution in [3.8, 4) is 0 Å². The molecule has 77 heavy (non-hydrogen) atoms. The second kappa shape index (κ2) is 61.9. The Morgan fingerprint density at radius 3 is 1.06 bits per heavy atom. The highest BCUT2D eigenvalue weighted by Crippen LogP contribution is 2.43. The molecule has 0 aliphatic heterocycles. The van der Waals surface area contributed by atoms with Gasteiger partial charge < -0.3 is 20.1 Å². The summed E-state index contributed by atoms with van der Waals surface area (Å²) in [6.45, 7) is 3.61. The lowest BCUT2D eigenvalue weighted by Gasteiger charge is -2.19. The van der Waals surface area contributed by atoms with Gasteiger partial charge in [-0.25, -0.2) is 4.57 Å². The van der Waals surface area contributed by atoms with Gasteiger partial charge in [-0.3, -0.25) is 18.6 Å². The van der Waals surface area contributed by atoms with Gasteiger partial charge in [0.2, 0.25) is 0 Å². The minimum Gasteiger partial charge on any atom is -0.462 e. The number of ether oxygens (including phenoxy) is 2. The van der Waals surface area contributed by atoms with Crippen LogP contribution >= 0.6 is 7.82 Å². The van der Waals surface area contributed by atoms with Crippen molar-refractivity contribution in [3.05, 3.63) is 109 Å². The van der Waals surface area contributed by atoms with E-state index in [1.165, 1.54) is 141 Å². The normalized spacial score (nSPS) is 13.8. The Morgan fingerprint density at radius 1 is 0.403 bits per heavy atom. The average Bonchev–Trinajstić information content (AvgIpc) is 3.42. The molecule has 0 fully saturated rings. The fourth-order valence-corrected chi connectivity index (χ4v) is 9.34. The van der Waals surface area contributed by atoms with Crippen molar-refractivity contribution in [1.29, 1.82) is 0 Å². The lowest BCUT2D eigenvalue weighted by atomic mass is 10.0. The zero-order valence-corrected chi connectivity index (χ0v) is 50.3. The Bertz CT molecular complexity index is 1630. The van der Waals surface area contributed by atoms with E-state index in [2.05, 4.69) is 123 Å². The van der Waals surface area contributed by atoms with Crippen LogP contribution in [0.4, 0.5) is 0 Å². The van der Waals surface area contributed by atoms with Gasteiger partial charge in [0.1, 0.15) is 6.61 Å². The van der Waals surface area contributed by atoms with Crippen molar-refractivity contribution >= 4 is 19.8 Å². The monoisotopic (exact) mass is 1090 g/mol. The standard InChI is InChI=1S/C67H116NO8P/c1-3-5-7-9-11-13-15-17-19-21-23-25-27-29-30-31-32-33-34-36-38-40-42-44-46-48-50-52-54-56-58-60-67(70)76-65(64-75-77(71,72)74-62-61-68)63-73-66(69)59-57-55-53-51-49-47-45-43-41-39-37-35-28-26-24-22-20-18-16-14-12-10-8-6-4-2/h5,7,11,13,17,19,23,25,29-30,32-33,36,38,42,44,48,50,65H,3-4,6,8-10,12,14-16,18,20-22,24,26-28,31,34-35,37,39-41,43,45-47,49,51-64,68H2,1-2H3,(H,71,72)/b7-5-,13-11-,19-17-,25-23-,30-29-,33-32-,38-36-,44-42-,50-48-. The quantitative estimate of drug-likeness (QED) is 0.0264. The number of unbranched alkanes of at least 4 members (excludes halogenated alkanes) is 27. The number of carbonyl (C=O) groups excluding carboxylic acids is 2. The number of hydrogen-bond acceptors (Lipinski definition) is 8. The predicted molar refractivity (Wildman–Crippen MR) is 330 cm³/mol. The van der Waals surface area contributed by atoms with Crippen molar-refractivity contribution in [1.82, 2.24) is 0 Å². The molecule has 0 aliphatic carbocycles. The van der Waals surface area contributed by atoms with E-state index in [0.29, 0.717) is 6.42 Å². The maximum Gasteiger partial charge on any atom is 0.472 e. The van der Waals surface area contributed by atoms with Crippen LogP contribution in [0.5, 0.6) is 0 Å². The summed E-state index contributed by atoms with van der Waals surface area (Å²) >= 11 is 0. The van der Waals surface area contributed by atoms with E-state index in [1.807, 2.05) is 0 Å². The fraction of sp³-hybridized carbons (Fsp3) is 0.701. The van der Waals surface area contributed by atoms with Crippen LogP contribution in [-0.2, 0) is 32.7 Å². The molecule has 3 N–H and O–H groups in total. The van der Waals surface area contributed by atoms with Crippen LogP contribution in [-0.4, -0.2) is 49.3 Å². The second-order valence-corrected chi connectivity index (χ2v) is 22.0. The van der Waals surface area contributed by atoms with Crippen LogP contribution in [0.1, 0.15) is 271 Å². The van der Waals surface area contributed by atoms with Gasteiger partial charge in [0.05, 0.1) is 13.2 Å². The first-order chi connectivity index (χ1) is 37.8. The summed E-state index contributed by atoms with van der Waals surface area (Å²) in [5.41, 5.74) is 5.39. The number of allylic oxidation sites excluding steroid dienone is 18. The highest BCUT2D eigenvalue weighted by molar-refractivity contribution is 7.47. The molecule has 2 unspecified atom stereocenters. The average molecular weight is 1090 g/mol. The molecular weight excluding hydrogens is 978 g/mol. The van der Waals surface area contributed by atoms with Crippen LogP contribution in [0, 0.1) is 0 Å². The molecule has 0 amide bonds. The van der Waals surface area contributed by atoms with E-state index in [-0.39, 0.29) is 38.6 Å². The Kier molecular flexibility index (Phi) is 59.2. The first kappa shape index (κ1) is 73.7. The smallest absolute Gasteiger partial charge is 0.462 e. The first-order valence-corrected chi connectivity index (χ1v) is 32.9. The van der Waals surface area contributed by atoms with Gasteiger partial charge in [-0.15, -0.1) is 0 Å². The van der Waals surface area contributed by atoms with E-state index >= 15 is 0 Å². The van der Waals surface area contributed by atoms with Gasteiger partial charge in [0, 0.05) is 19.4 Å². The van der Waals surface area contributed by atoms with Gasteiger partial charge in [-0.2, -0.15) is 0 Å². The lowest BCUT2D eigenvalue weighted by molar-refractivity contribution is -0.161. The zero-order valence-electron chi connectivity index (χ0n) is 49.4. The van der Waals surface area contributed by atoms with Gasteiger partial charge in [-0.05, 0) is 83.5 Å². The number of hydrogen-bond donors (Lipinski definition) is 2. The van der Waals surface area contributed by atoms with Crippen molar-refractivity contribution < 1.29 is 37.6 Å². The number of phosphoric ester groups is 1. The summed E-state index contributed by atoms with van der Waals surface area (Å²) in [5.74, 6) is -0.864. The maximum atomic E-state index is 12.7. The zero-order chi connectivity index (χ0) is 55.9. The molecule has 0 saturated carbocycles. The molecule has 0 aromatic rings. The summed E-state index contributed by atoms with van der Waals surface area (Å²) < 4.78 is 33.1. The van der Waals surface area contributed by atoms with Crippen molar-refractivity contribution in [2.45, 2.75) is 277 Å². The number of phosphoric acid groups is 1. The molecular formula is C67H116NO8P. The van der Waals surface area contributed by atoms with E-state index in [4.69, 9.17) is 24.3 Å². The summed E-state index contributed by atoms with van der Waals surface area (Å²) in [4.78, 5) is 35.2. The van der Waals surface area contributed by atoms with E-state index in [1.54, 1.807) is 0 Å². The minimum atomic E-state index is -4.41. The predicted octanol–water partition coefficient (Wildman–Crippen LogP) is 20.2. The van der Waals surface area contributed by atoms with Crippen LogP contribution < -0.4 is 5.73 Å². The fourth-order valence-electron chi connectivity index (χ4n) is 8.57. The van der Waals surface area contributed by atoms with E-state index in [9.17, 15) is 19.0 Å². The number of esters is 2. The molecule has 0 aromatic heterocycles. The Labute approximate surface area is 473 Å². The lowest BCUT2D eigenvalue weighted by Crippen LogP contribution is -2.29. The molecule has 9 nitrogen and oxygen atoms in total. The van der Waals surface area contributed by atoms with Crippen LogP contribution in [0.3, 0.4) is 0 Å². The Hall–Kier alpha value is -3.33. The van der Waals surface area contributed by atoms with Gasteiger partial charge in [-0.1, -0.05) is 284 Å². The van der Waals surface area contributed by atoms with Gasteiger partial charge >= 0.3 is 19.8 Å². The minimum absolute atomic E-state index is 0.0432. The van der Waals surface area contributed by atoms with Crippen LogP contribution in [0.25, 0.3) is 0 Å². The third-order valence-electron chi connectivity index (χ3n) is 13.2. The summed E-state index contributed by atoms with van der Waals surface area (Å²) in [7, 11) is -4.41. The number of rotatable bonds is 58. The topological polar surface area (TPSA) is 134 Å². The van der Waals surface area contributed by atoms with Gasteiger partial charge in [0.25, 0.3) is 0 Å². The summed E-state index contributed by atoms with van der Waals surface area (Å²) in [6, 6.07) is 0. The largest absolute Gasteiger partial charge is 0.472 e. The molecule has 2 atom stereocenters. The second-order valence-electron chi connectivity index (χ2n) is 20.6. The van der Waals surface area contributed by atoms with E-state index < -0.39 is 26.5 Å². The molecule has 0 rings (SSSR count). The van der Waals surface area contributed by atoms with Crippen LogP contribution in [0.2, 0.25) is 0 Å². The molecule has 0 saturated heterocycles. The van der Waals surface area contributed by atoms with Crippen molar-refractivity contribution in [2.24, 2.45) is 5.73 Å². The SMILES string of the molecule is CC/C=C\C/C=C\C/C=C\C/C=C\C/C=C\C/C=C\C/C=C\C/C=C\C/C=C\CCCCCC(=O)OC(COC(=O)CCCCCCCCCCCCCCCCCCCCCCCCCCC)COP(=O)(O)OCCN. The molecule has 0 heterocycles. The third-order valence-corrected chi connectivity index (χ3v) is 14.2. The van der Waals surface area contributed by atoms with Crippen molar-refractivity contribution in [3.63, 3.8) is 0 Å². The molecule has 442 valence electrons. The molecule has 0 bridgehead atoms. The molecule has 0 aliphatic rings. The van der Waals surface area contributed by atoms with Crippen molar-refractivity contribution in [2.75, 3.05) is 26.4 Å².